The van der Waals surface area contributed by atoms with Crippen molar-refractivity contribution in [2.45, 2.75) is 38.1 Å². The number of fused-ring (bicyclic) bond motifs is 1. The average molecular weight is 425 g/mol. The number of aromatic hydroxyl groups is 2. The lowest BCUT2D eigenvalue weighted by Crippen LogP contribution is -2.02. The second-order valence-corrected chi connectivity index (χ2v) is 7.90. The fourth-order valence-corrected chi connectivity index (χ4v) is 3.90. The van der Waals surface area contributed by atoms with Crippen LogP contribution in [0.5, 0.6) is 17.2 Å². The van der Waals surface area contributed by atoms with E-state index in [2.05, 4.69) is 47.8 Å². The zero-order valence-electron chi connectivity index (χ0n) is 17.3. The first-order chi connectivity index (χ1) is 14.3. The minimum atomic E-state index is -0.0918. The van der Waals surface area contributed by atoms with Gasteiger partial charge in [0.25, 0.3) is 0 Å². The minimum absolute atomic E-state index is 0.0468. The summed E-state index contributed by atoms with van der Waals surface area (Å²) in [7, 11) is 1.64. The second kappa shape index (κ2) is 7.60. The van der Waals surface area contributed by atoms with E-state index in [4.69, 9.17) is 4.74 Å². The molecule has 0 saturated carbocycles. The summed E-state index contributed by atoms with van der Waals surface area (Å²) in [6.07, 6.45) is 0.610. The molecular weight excluding hydrogens is 400 g/mol. The monoisotopic (exact) mass is 424 g/mol. The lowest BCUT2D eigenvalue weighted by atomic mass is 10.0. The Balaban J connectivity index is 2.00. The number of nitrogens with zero attached hydrogens (tertiary/aromatic N) is 3. The molecule has 2 aromatic carbocycles. The molecule has 7 nitrogen and oxygen atoms in total. The van der Waals surface area contributed by atoms with E-state index in [-0.39, 0.29) is 11.5 Å². The molecule has 2 heterocycles. The van der Waals surface area contributed by atoms with Crippen LogP contribution in [0.3, 0.4) is 0 Å². The fraction of sp³-hybridized carbons (Fsp3) is 0.273. The van der Waals surface area contributed by atoms with E-state index >= 15 is 0 Å². The van der Waals surface area contributed by atoms with Crippen LogP contribution < -0.4 is 4.74 Å². The number of methoxy groups -OCH3 is 1. The molecule has 0 spiro atoms. The number of aromatic nitrogens is 4. The quantitative estimate of drug-likeness (QED) is 0.345. The summed E-state index contributed by atoms with van der Waals surface area (Å²) in [6.45, 7) is 6.17. The van der Waals surface area contributed by atoms with Crippen molar-refractivity contribution < 1.29 is 14.9 Å². The molecule has 0 fully saturated rings. The Hall–Kier alpha value is -3.13. The maximum absolute atomic E-state index is 10.5. The van der Waals surface area contributed by atoms with E-state index in [0.29, 0.717) is 34.3 Å². The average Bonchev–Trinajstić information content (AvgIpc) is 3.32. The Bertz CT molecular complexity index is 1240. The van der Waals surface area contributed by atoms with E-state index in [9.17, 15) is 10.2 Å². The van der Waals surface area contributed by atoms with Crippen LogP contribution in [0.15, 0.2) is 35.4 Å². The van der Waals surface area contributed by atoms with Crippen LogP contribution in [-0.2, 0) is 6.42 Å². The molecule has 0 atom stereocenters. The first-order valence-corrected chi connectivity index (χ1v) is 10.2. The van der Waals surface area contributed by atoms with Gasteiger partial charge in [0.15, 0.2) is 0 Å². The number of phenols is 2. The third-order valence-electron chi connectivity index (χ3n) is 5.31. The van der Waals surface area contributed by atoms with Crippen molar-refractivity contribution in [1.82, 2.24) is 20.0 Å². The van der Waals surface area contributed by atoms with Crippen molar-refractivity contribution >= 4 is 23.5 Å². The van der Waals surface area contributed by atoms with E-state index in [1.54, 1.807) is 17.9 Å². The van der Waals surface area contributed by atoms with Crippen LogP contribution in [0, 0.1) is 0 Å². The summed E-state index contributed by atoms with van der Waals surface area (Å²) in [6, 6.07) is 8.96. The lowest BCUT2D eigenvalue weighted by Gasteiger charge is -2.13. The van der Waals surface area contributed by atoms with Gasteiger partial charge in [0, 0.05) is 22.7 Å². The van der Waals surface area contributed by atoms with Gasteiger partial charge in [0.05, 0.1) is 12.6 Å². The molecular formula is C22H24N4O3S. The molecule has 0 radical (unpaired) electrons. The topological polar surface area (TPSA) is 96.2 Å². The van der Waals surface area contributed by atoms with Gasteiger partial charge < -0.3 is 19.9 Å². The fourth-order valence-electron chi connectivity index (χ4n) is 3.64. The van der Waals surface area contributed by atoms with E-state index < -0.39 is 0 Å². The van der Waals surface area contributed by atoms with Crippen molar-refractivity contribution in [3.05, 3.63) is 41.6 Å². The Morgan fingerprint density at radius 3 is 2.60 bits per heavy atom. The summed E-state index contributed by atoms with van der Waals surface area (Å²) >= 11 is 4.54. The molecule has 0 amide bonds. The number of nitrogens with one attached hydrogen (secondary N) is 1. The van der Waals surface area contributed by atoms with Crippen molar-refractivity contribution in [2.75, 3.05) is 7.11 Å². The number of aryl methyl sites for hydroxylation is 1. The smallest absolute Gasteiger partial charge is 0.145 e. The highest BCUT2D eigenvalue weighted by Gasteiger charge is 2.22. The first-order valence-electron chi connectivity index (χ1n) is 9.75. The first kappa shape index (κ1) is 20.2. The van der Waals surface area contributed by atoms with Gasteiger partial charge in [-0.05, 0) is 42.2 Å². The summed E-state index contributed by atoms with van der Waals surface area (Å²) in [5.74, 6) is 0.999. The lowest BCUT2D eigenvalue weighted by molar-refractivity contribution is 0.419. The van der Waals surface area contributed by atoms with Gasteiger partial charge >= 0.3 is 0 Å². The molecule has 3 N–H and O–H groups in total. The zero-order chi connectivity index (χ0) is 21.6. The maximum Gasteiger partial charge on any atom is 0.145 e. The van der Waals surface area contributed by atoms with E-state index in [0.717, 1.165) is 27.9 Å². The van der Waals surface area contributed by atoms with Crippen LogP contribution in [0.4, 0.5) is 0 Å². The molecule has 0 aliphatic rings. The molecule has 8 heteroatoms. The van der Waals surface area contributed by atoms with Gasteiger partial charge in [-0.2, -0.15) is 0 Å². The summed E-state index contributed by atoms with van der Waals surface area (Å²) in [5, 5.41) is 30.3. The number of phenolic OH excluding ortho intramolecular Hbond substituents is 2. The molecule has 156 valence electrons. The van der Waals surface area contributed by atoms with Gasteiger partial charge in [-0.15, -0.1) is 17.7 Å². The van der Waals surface area contributed by atoms with E-state index in [1.807, 2.05) is 19.1 Å². The van der Waals surface area contributed by atoms with Gasteiger partial charge in [-0.3, -0.25) is 0 Å². The standard InChI is InChI=1S/C22H24N4O3S/c1-5-12-8-16(18(28)10-17(12)27)26-21(22(30)24-25-26)13-6-7-19(29-4)20-14(13)9-15(23-20)11(2)3/h6-11,23,27-28,30H,5H2,1-4H3. The third kappa shape index (κ3) is 3.17. The highest BCUT2D eigenvalue weighted by Crippen LogP contribution is 2.40. The molecule has 0 aliphatic carbocycles. The summed E-state index contributed by atoms with van der Waals surface area (Å²) in [4.78, 5) is 3.45. The summed E-state index contributed by atoms with van der Waals surface area (Å²) < 4.78 is 7.10. The van der Waals surface area contributed by atoms with Crippen LogP contribution in [-0.4, -0.2) is 37.3 Å². The van der Waals surface area contributed by atoms with E-state index in [1.165, 1.54) is 6.07 Å². The second-order valence-electron chi connectivity index (χ2n) is 7.48. The molecule has 2 aromatic heterocycles. The number of thiol groups is 1. The number of aromatic amines is 1. The SMILES string of the molecule is CCc1cc(-n2nnc(S)c2-c2ccc(OC)c3[nH]c(C(C)C)cc23)c(O)cc1O. The maximum atomic E-state index is 10.5. The number of hydrogen-bond donors (Lipinski definition) is 4. The molecule has 0 unspecified atom stereocenters. The number of ether oxygens (including phenoxy) is 1. The molecule has 4 aromatic rings. The molecule has 4 rings (SSSR count). The van der Waals surface area contributed by atoms with Crippen molar-refractivity contribution in [2.24, 2.45) is 0 Å². The van der Waals surface area contributed by atoms with Gasteiger partial charge in [-0.1, -0.05) is 26.0 Å². The highest BCUT2D eigenvalue weighted by atomic mass is 32.1. The molecule has 30 heavy (non-hydrogen) atoms. The highest BCUT2D eigenvalue weighted by molar-refractivity contribution is 7.80. The molecule has 0 bridgehead atoms. The molecule has 0 aliphatic heterocycles. The Kier molecular flexibility index (Phi) is 5.11. The van der Waals surface area contributed by atoms with Crippen molar-refractivity contribution in [3.63, 3.8) is 0 Å². The predicted molar refractivity (Wildman–Crippen MR) is 119 cm³/mol. The number of benzene rings is 2. The van der Waals surface area contributed by atoms with Crippen molar-refractivity contribution in [3.8, 4) is 34.2 Å². The normalized spacial score (nSPS) is 11.5. The Labute approximate surface area is 179 Å². The van der Waals surface area contributed by atoms with Gasteiger partial charge in [-0.25, -0.2) is 4.68 Å². The third-order valence-corrected chi connectivity index (χ3v) is 5.61. The minimum Gasteiger partial charge on any atom is -0.508 e. The van der Waals surface area contributed by atoms with Crippen LogP contribution in [0.1, 0.15) is 37.9 Å². The van der Waals surface area contributed by atoms with Crippen molar-refractivity contribution in [1.29, 1.82) is 0 Å². The van der Waals surface area contributed by atoms with Crippen LogP contribution in [0.2, 0.25) is 0 Å². The van der Waals surface area contributed by atoms with Crippen LogP contribution >= 0.6 is 12.6 Å². The Morgan fingerprint density at radius 1 is 1.17 bits per heavy atom. The Morgan fingerprint density at radius 2 is 1.93 bits per heavy atom. The number of H-pyrrole nitrogens is 1. The number of rotatable bonds is 5. The molecule has 0 saturated heterocycles. The van der Waals surface area contributed by atoms with Gasteiger partial charge in [0.1, 0.15) is 33.7 Å². The number of hydrogen-bond acceptors (Lipinski definition) is 6. The zero-order valence-corrected chi connectivity index (χ0v) is 18.2. The largest absolute Gasteiger partial charge is 0.508 e. The van der Waals surface area contributed by atoms with Crippen LogP contribution in [0.25, 0.3) is 27.8 Å². The summed E-state index contributed by atoms with van der Waals surface area (Å²) in [5.41, 5.74) is 4.59. The van der Waals surface area contributed by atoms with Gasteiger partial charge in [0.2, 0.25) is 0 Å². The predicted octanol–water partition coefficient (Wildman–Crippen LogP) is 4.81.